The summed E-state index contributed by atoms with van der Waals surface area (Å²) in [7, 11) is 3.22. The van der Waals surface area contributed by atoms with Crippen molar-refractivity contribution in [1.29, 1.82) is 0 Å². The topological polar surface area (TPSA) is 30.5 Å². The lowest BCUT2D eigenvalue weighted by molar-refractivity contribution is 0.354. The van der Waals surface area contributed by atoms with E-state index < -0.39 is 0 Å². The van der Waals surface area contributed by atoms with Crippen LogP contribution >= 0.6 is 23.4 Å². The lowest BCUT2D eigenvalue weighted by atomic mass is 10.1. The van der Waals surface area contributed by atoms with Crippen molar-refractivity contribution >= 4 is 23.4 Å². The van der Waals surface area contributed by atoms with Crippen LogP contribution in [-0.4, -0.2) is 32.3 Å². The van der Waals surface area contributed by atoms with Crippen LogP contribution in [0.2, 0.25) is 5.02 Å². The predicted octanol–water partition coefficient (Wildman–Crippen LogP) is 3.20. The van der Waals surface area contributed by atoms with Crippen LogP contribution in [0.5, 0.6) is 11.5 Å². The van der Waals surface area contributed by atoms with Crippen LogP contribution < -0.4 is 14.8 Å². The monoisotopic (exact) mass is 301 g/mol. The zero-order valence-corrected chi connectivity index (χ0v) is 12.9. The first-order valence-corrected chi connectivity index (χ1v) is 7.97. The SMILES string of the molecule is COc1ccc(CNCC2CCSC2)c(Cl)c1OC. The molecule has 1 aromatic carbocycles. The number of hydrogen-bond acceptors (Lipinski definition) is 4. The van der Waals surface area contributed by atoms with Crippen LogP contribution in [0.1, 0.15) is 12.0 Å². The van der Waals surface area contributed by atoms with Crippen LogP contribution in [0.15, 0.2) is 12.1 Å². The van der Waals surface area contributed by atoms with Gasteiger partial charge in [0.15, 0.2) is 11.5 Å². The third kappa shape index (κ3) is 3.71. The first-order chi connectivity index (χ1) is 9.26. The van der Waals surface area contributed by atoms with Crippen molar-refractivity contribution in [3.63, 3.8) is 0 Å². The fraction of sp³-hybridized carbons (Fsp3) is 0.571. The second-order valence-corrected chi connectivity index (χ2v) is 6.16. The molecule has 0 spiro atoms. The van der Waals surface area contributed by atoms with Gasteiger partial charge in [-0.25, -0.2) is 0 Å². The normalized spacial score (nSPS) is 18.6. The first kappa shape index (κ1) is 14.8. The molecule has 1 unspecified atom stereocenters. The summed E-state index contributed by atoms with van der Waals surface area (Å²) < 4.78 is 10.5. The van der Waals surface area contributed by atoms with Gasteiger partial charge >= 0.3 is 0 Å². The molecule has 1 aromatic rings. The van der Waals surface area contributed by atoms with E-state index in [2.05, 4.69) is 5.32 Å². The Morgan fingerprint density at radius 3 is 2.84 bits per heavy atom. The Morgan fingerprint density at radius 2 is 2.21 bits per heavy atom. The Balaban J connectivity index is 1.95. The molecule has 106 valence electrons. The molecule has 1 fully saturated rings. The zero-order chi connectivity index (χ0) is 13.7. The fourth-order valence-corrected chi connectivity index (χ4v) is 3.81. The number of thioether (sulfide) groups is 1. The van der Waals surface area contributed by atoms with Gasteiger partial charge in [-0.15, -0.1) is 0 Å². The standard InChI is InChI=1S/C14H20ClNO2S/c1-17-12-4-3-11(13(15)14(12)18-2)8-16-7-10-5-6-19-9-10/h3-4,10,16H,5-9H2,1-2H3. The maximum Gasteiger partial charge on any atom is 0.179 e. The summed E-state index contributed by atoms with van der Waals surface area (Å²) in [6.45, 7) is 1.82. The highest BCUT2D eigenvalue weighted by Crippen LogP contribution is 2.37. The van der Waals surface area contributed by atoms with E-state index in [1.807, 2.05) is 23.9 Å². The van der Waals surface area contributed by atoms with Gasteiger partial charge in [0.2, 0.25) is 0 Å². The van der Waals surface area contributed by atoms with E-state index in [0.717, 1.165) is 24.6 Å². The Labute approximate surface area is 124 Å². The largest absolute Gasteiger partial charge is 0.493 e. The smallest absolute Gasteiger partial charge is 0.179 e. The number of methoxy groups -OCH3 is 2. The summed E-state index contributed by atoms with van der Waals surface area (Å²) in [5.41, 5.74) is 1.05. The molecule has 0 aromatic heterocycles. The second kappa shape index (κ2) is 7.27. The van der Waals surface area contributed by atoms with Gasteiger partial charge in [0.05, 0.1) is 19.2 Å². The van der Waals surface area contributed by atoms with E-state index in [0.29, 0.717) is 16.5 Å². The van der Waals surface area contributed by atoms with Gasteiger partial charge in [0.25, 0.3) is 0 Å². The Morgan fingerprint density at radius 1 is 1.37 bits per heavy atom. The average molecular weight is 302 g/mol. The minimum atomic E-state index is 0.611. The van der Waals surface area contributed by atoms with E-state index >= 15 is 0 Å². The van der Waals surface area contributed by atoms with Crippen molar-refractivity contribution in [2.24, 2.45) is 5.92 Å². The van der Waals surface area contributed by atoms with Crippen LogP contribution in [-0.2, 0) is 6.54 Å². The molecule has 2 rings (SSSR count). The molecule has 1 saturated heterocycles. The van der Waals surface area contributed by atoms with Gasteiger partial charge in [0.1, 0.15) is 0 Å². The maximum atomic E-state index is 6.34. The highest BCUT2D eigenvalue weighted by atomic mass is 35.5. The summed E-state index contributed by atoms with van der Waals surface area (Å²) in [6, 6.07) is 3.88. The van der Waals surface area contributed by atoms with E-state index in [4.69, 9.17) is 21.1 Å². The maximum absolute atomic E-state index is 6.34. The summed E-state index contributed by atoms with van der Waals surface area (Å²) in [5.74, 6) is 4.64. The molecule has 0 radical (unpaired) electrons. The Hall–Kier alpha value is -0.580. The van der Waals surface area contributed by atoms with Gasteiger partial charge in [-0.3, -0.25) is 0 Å². The van der Waals surface area contributed by atoms with E-state index in [-0.39, 0.29) is 0 Å². The fourth-order valence-electron chi connectivity index (χ4n) is 2.22. The molecule has 1 N–H and O–H groups in total. The second-order valence-electron chi connectivity index (χ2n) is 4.63. The average Bonchev–Trinajstić information content (AvgIpc) is 2.93. The van der Waals surface area contributed by atoms with E-state index in [1.165, 1.54) is 17.9 Å². The lowest BCUT2D eigenvalue weighted by Crippen LogP contribution is -2.22. The van der Waals surface area contributed by atoms with Crippen molar-refractivity contribution < 1.29 is 9.47 Å². The van der Waals surface area contributed by atoms with Crippen molar-refractivity contribution in [2.75, 3.05) is 32.3 Å². The van der Waals surface area contributed by atoms with Crippen LogP contribution in [0, 0.1) is 5.92 Å². The molecule has 1 heterocycles. The number of rotatable bonds is 6. The molecule has 0 saturated carbocycles. The van der Waals surface area contributed by atoms with Gasteiger partial charge in [-0.1, -0.05) is 17.7 Å². The summed E-state index contributed by atoms with van der Waals surface area (Å²) >= 11 is 8.38. The quantitative estimate of drug-likeness (QED) is 0.874. The van der Waals surface area contributed by atoms with Gasteiger partial charge in [0, 0.05) is 6.54 Å². The third-order valence-electron chi connectivity index (χ3n) is 3.34. The summed E-state index contributed by atoms with van der Waals surface area (Å²) in [5, 5.41) is 4.11. The highest BCUT2D eigenvalue weighted by molar-refractivity contribution is 7.99. The minimum Gasteiger partial charge on any atom is -0.493 e. The molecule has 1 aliphatic rings. The Kier molecular flexibility index (Phi) is 5.67. The Bertz CT molecular complexity index is 422. The van der Waals surface area contributed by atoms with Crippen molar-refractivity contribution in [2.45, 2.75) is 13.0 Å². The molecule has 1 atom stereocenters. The molecule has 3 nitrogen and oxygen atoms in total. The molecular weight excluding hydrogens is 282 g/mol. The lowest BCUT2D eigenvalue weighted by Gasteiger charge is -2.14. The number of halogens is 1. The number of hydrogen-bond donors (Lipinski definition) is 1. The van der Waals surface area contributed by atoms with E-state index in [1.54, 1.807) is 14.2 Å². The van der Waals surface area contributed by atoms with Crippen LogP contribution in [0.3, 0.4) is 0 Å². The van der Waals surface area contributed by atoms with Crippen molar-refractivity contribution in [1.82, 2.24) is 5.32 Å². The summed E-state index contributed by atoms with van der Waals surface area (Å²) in [4.78, 5) is 0. The summed E-state index contributed by atoms with van der Waals surface area (Å²) in [6.07, 6.45) is 1.32. The van der Waals surface area contributed by atoms with Gasteiger partial charge < -0.3 is 14.8 Å². The number of benzene rings is 1. The number of ether oxygens (including phenoxy) is 2. The minimum absolute atomic E-state index is 0.611. The van der Waals surface area contributed by atoms with Crippen molar-refractivity contribution in [3.05, 3.63) is 22.7 Å². The molecule has 0 bridgehead atoms. The molecule has 19 heavy (non-hydrogen) atoms. The van der Waals surface area contributed by atoms with Crippen molar-refractivity contribution in [3.8, 4) is 11.5 Å². The van der Waals surface area contributed by atoms with Crippen LogP contribution in [0.25, 0.3) is 0 Å². The first-order valence-electron chi connectivity index (χ1n) is 6.44. The van der Waals surface area contributed by atoms with E-state index in [9.17, 15) is 0 Å². The molecule has 0 amide bonds. The predicted molar refractivity (Wildman–Crippen MR) is 81.7 cm³/mol. The highest BCUT2D eigenvalue weighted by Gasteiger charge is 2.16. The number of nitrogens with one attached hydrogen (secondary N) is 1. The van der Waals surface area contributed by atoms with Gasteiger partial charge in [-0.05, 0) is 42.0 Å². The van der Waals surface area contributed by atoms with Crippen LogP contribution in [0.4, 0.5) is 0 Å². The third-order valence-corrected chi connectivity index (χ3v) is 4.98. The molecule has 1 aliphatic heterocycles. The molecule has 0 aliphatic carbocycles. The molecule has 5 heteroatoms. The van der Waals surface area contributed by atoms with Gasteiger partial charge in [-0.2, -0.15) is 11.8 Å². The zero-order valence-electron chi connectivity index (χ0n) is 11.4. The molecular formula is C14H20ClNO2S.